The summed E-state index contributed by atoms with van der Waals surface area (Å²) < 4.78 is 0. The molecule has 0 radical (unpaired) electrons. The molecule has 0 unspecified atom stereocenters. The van der Waals surface area contributed by atoms with Crippen LogP contribution >= 0.6 is 0 Å². The smallest absolute Gasteiger partial charge is 0.260 e. The third kappa shape index (κ3) is 8.20. The minimum absolute atomic E-state index is 0.126. The third-order valence-corrected chi connectivity index (χ3v) is 14.1. The zero-order valence-corrected chi connectivity index (χ0v) is 41.6. The molecule has 0 spiro atoms. The lowest BCUT2D eigenvalue weighted by Gasteiger charge is -2.33. The van der Waals surface area contributed by atoms with Crippen molar-refractivity contribution in [1.29, 1.82) is 0 Å². The molecule has 0 fully saturated rings. The third-order valence-electron chi connectivity index (χ3n) is 14.1. The van der Waals surface area contributed by atoms with Crippen LogP contribution in [0.4, 0.5) is 0 Å². The fourth-order valence-electron chi connectivity index (χ4n) is 11.8. The van der Waals surface area contributed by atoms with E-state index in [1.807, 2.05) is 88.7 Å². The number of aryl methyl sites for hydroxylation is 12. The number of carbonyl (C=O) groups is 2. The van der Waals surface area contributed by atoms with Gasteiger partial charge in [0.05, 0.1) is 12.1 Å². The lowest BCUT2D eigenvalue weighted by molar-refractivity contribution is 0.0796. The molecule has 2 aliphatic heterocycles. The van der Waals surface area contributed by atoms with Crippen LogP contribution in [0.3, 0.4) is 0 Å². The zero-order valence-electron chi connectivity index (χ0n) is 41.6. The van der Waals surface area contributed by atoms with Crippen molar-refractivity contribution in [3.63, 3.8) is 0 Å². The second-order valence-electron chi connectivity index (χ2n) is 19.6. The van der Waals surface area contributed by atoms with Crippen LogP contribution in [0.2, 0.25) is 0 Å². The lowest BCUT2D eigenvalue weighted by atomic mass is 9.83. The summed E-state index contributed by atoms with van der Waals surface area (Å²) in [6, 6.07) is 43.4. The van der Waals surface area contributed by atoms with E-state index in [-0.39, 0.29) is 11.8 Å². The Morgan fingerprint density at radius 1 is 0.353 bits per heavy atom. The first-order valence-electron chi connectivity index (χ1n) is 23.9. The molecule has 0 bridgehead atoms. The van der Waals surface area contributed by atoms with Crippen molar-refractivity contribution in [2.24, 2.45) is 9.98 Å². The van der Waals surface area contributed by atoms with Crippen molar-refractivity contribution in [3.8, 4) is 0 Å². The van der Waals surface area contributed by atoms with Gasteiger partial charge >= 0.3 is 0 Å². The summed E-state index contributed by atoms with van der Waals surface area (Å²) >= 11 is 0. The van der Waals surface area contributed by atoms with E-state index in [1.54, 1.807) is 0 Å². The summed E-state index contributed by atoms with van der Waals surface area (Å²) in [6.45, 7) is 25.8. The number of hydrogen-bond acceptors (Lipinski definition) is 4. The average Bonchev–Trinajstić information content (AvgIpc) is 3.85. The highest BCUT2D eigenvalue weighted by Crippen LogP contribution is 2.50. The highest BCUT2D eigenvalue weighted by atomic mass is 16.2. The molecule has 0 aromatic heterocycles. The Kier molecular flexibility index (Phi) is 12.3. The molecule has 2 aliphatic rings. The molecule has 342 valence electrons. The van der Waals surface area contributed by atoms with Gasteiger partial charge in [0, 0.05) is 22.3 Å². The van der Waals surface area contributed by atoms with Crippen LogP contribution in [0.25, 0.3) is 0 Å². The summed E-state index contributed by atoms with van der Waals surface area (Å²) in [6.07, 6.45) is 0. The Hall–Kier alpha value is -7.18. The van der Waals surface area contributed by atoms with Gasteiger partial charge < -0.3 is 0 Å². The Morgan fingerprint density at radius 2 is 0.632 bits per heavy atom. The van der Waals surface area contributed by atoms with Gasteiger partial charge in [0.25, 0.3) is 11.8 Å². The van der Waals surface area contributed by atoms with E-state index < -0.39 is 24.2 Å². The van der Waals surface area contributed by atoms with E-state index in [4.69, 9.17) is 9.98 Å². The van der Waals surface area contributed by atoms with Crippen molar-refractivity contribution in [1.82, 2.24) is 9.80 Å². The molecule has 68 heavy (non-hydrogen) atoms. The fraction of sp³-hybridized carbons (Fsp3) is 0.258. The standard InChI is InChI=1S/C62H62N4O2/c1-35-26-39(5)51(40(6)27-35)55-57(53-43(9)30-37(3)31-44(53)10)65(61(67)47-20-15-13-16-21-47)59(63-55)49-24-19-25-50(34-49)60-64-56(52-41(7)28-36(2)29-42(52)8)58(54-45(11)32-38(4)33-46(54)12)66(60)62(68)48-22-17-14-18-23-48/h13-34,55-58H,1-12H3/t55-,56-,57-,58-/m0/s1. The van der Waals surface area contributed by atoms with Crippen molar-refractivity contribution < 1.29 is 9.59 Å². The number of nitrogens with zero attached hydrogens (tertiary/aromatic N) is 4. The van der Waals surface area contributed by atoms with Crippen LogP contribution < -0.4 is 0 Å². The Balaban J connectivity index is 1.30. The molecule has 4 atom stereocenters. The molecule has 0 aliphatic carbocycles. The number of carbonyl (C=O) groups excluding carboxylic acids is 2. The van der Waals surface area contributed by atoms with Crippen LogP contribution in [-0.2, 0) is 0 Å². The van der Waals surface area contributed by atoms with Crippen LogP contribution in [0, 0.1) is 83.1 Å². The molecule has 6 heteroatoms. The van der Waals surface area contributed by atoms with Gasteiger partial charge in [0.1, 0.15) is 23.8 Å². The Bertz CT molecular complexity index is 2910. The van der Waals surface area contributed by atoms with Crippen molar-refractivity contribution in [2.45, 2.75) is 107 Å². The fourth-order valence-corrected chi connectivity index (χ4v) is 11.8. The molecule has 0 N–H and O–H groups in total. The van der Waals surface area contributed by atoms with E-state index in [1.165, 1.54) is 22.3 Å². The number of rotatable bonds is 8. The highest BCUT2D eigenvalue weighted by Gasteiger charge is 2.47. The predicted molar refractivity (Wildman–Crippen MR) is 278 cm³/mol. The molecule has 2 heterocycles. The van der Waals surface area contributed by atoms with Gasteiger partial charge in [-0.25, -0.2) is 0 Å². The van der Waals surface area contributed by atoms with E-state index in [0.717, 1.165) is 77.9 Å². The molecule has 7 aromatic carbocycles. The number of hydrogen-bond donors (Lipinski definition) is 0. The Morgan fingerprint density at radius 3 is 0.926 bits per heavy atom. The molecule has 2 amide bonds. The van der Waals surface area contributed by atoms with Crippen molar-refractivity contribution in [3.05, 3.63) is 245 Å². The Labute approximate surface area is 403 Å². The molecule has 7 aromatic rings. The van der Waals surface area contributed by atoms with Gasteiger partial charge in [-0.2, -0.15) is 0 Å². The zero-order chi connectivity index (χ0) is 48.3. The SMILES string of the molecule is Cc1cc(C)c([C@@H]2N=C(c3cccc(C4=N[C@@H](c5c(C)cc(C)cc5C)[C@H](c5c(C)cc(C)cc5C)N4C(=O)c4ccccc4)c3)N(C(=O)c3ccccc3)[C@H]2c2c(C)cc(C)cc2C)c(C)c1. The maximum atomic E-state index is 15.5. The van der Waals surface area contributed by atoms with E-state index in [0.29, 0.717) is 22.8 Å². The average molecular weight is 895 g/mol. The van der Waals surface area contributed by atoms with Gasteiger partial charge in [-0.15, -0.1) is 0 Å². The molecule has 0 saturated heterocycles. The maximum absolute atomic E-state index is 15.5. The van der Waals surface area contributed by atoms with Crippen molar-refractivity contribution >= 4 is 23.5 Å². The normalized spacial score (nSPS) is 17.9. The van der Waals surface area contributed by atoms with Gasteiger partial charge in [-0.3, -0.25) is 29.4 Å². The minimum atomic E-state index is -0.448. The molecule has 0 saturated carbocycles. The first-order valence-corrected chi connectivity index (χ1v) is 23.9. The first-order chi connectivity index (χ1) is 32.5. The largest absolute Gasteiger partial charge is 0.282 e. The van der Waals surface area contributed by atoms with Crippen LogP contribution in [-0.4, -0.2) is 33.3 Å². The summed E-state index contributed by atoms with van der Waals surface area (Å²) in [5, 5.41) is 0. The highest BCUT2D eigenvalue weighted by molar-refractivity contribution is 6.17. The second kappa shape index (κ2) is 18.1. The van der Waals surface area contributed by atoms with Gasteiger partial charge in [-0.05, 0) is 180 Å². The monoisotopic (exact) mass is 894 g/mol. The second-order valence-corrected chi connectivity index (χ2v) is 19.6. The van der Waals surface area contributed by atoms with E-state index >= 15 is 9.59 Å². The molecular formula is C62H62N4O2. The number of amides is 2. The lowest BCUT2D eigenvalue weighted by Crippen LogP contribution is -2.39. The quantitative estimate of drug-likeness (QED) is 0.153. The minimum Gasteiger partial charge on any atom is -0.282 e. The predicted octanol–water partition coefficient (Wildman–Crippen LogP) is 14.2. The molecular weight excluding hydrogens is 833 g/mol. The molecule has 9 rings (SSSR count). The number of benzene rings is 7. The van der Waals surface area contributed by atoms with Gasteiger partial charge in [0.15, 0.2) is 0 Å². The number of aliphatic imine (C=N–C) groups is 2. The summed E-state index contributed by atoms with van der Waals surface area (Å²) in [5.41, 5.74) is 20.9. The summed E-state index contributed by atoms with van der Waals surface area (Å²) in [7, 11) is 0. The summed E-state index contributed by atoms with van der Waals surface area (Å²) in [4.78, 5) is 46.3. The maximum Gasteiger partial charge on any atom is 0.260 e. The topological polar surface area (TPSA) is 65.3 Å². The van der Waals surface area contributed by atoms with Gasteiger partial charge in [-0.1, -0.05) is 125 Å². The molecule has 6 nitrogen and oxygen atoms in total. The number of amidine groups is 2. The van der Waals surface area contributed by atoms with Crippen LogP contribution in [0.15, 0.2) is 143 Å². The van der Waals surface area contributed by atoms with Crippen LogP contribution in [0.5, 0.6) is 0 Å². The van der Waals surface area contributed by atoms with Crippen molar-refractivity contribution in [2.75, 3.05) is 0 Å². The van der Waals surface area contributed by atoms with E-state index in [9.17, 15) is 0 Å². The van der Waals surface area contributed by atoms with E-state index in [2.05, 4.69) is 138 Å². The van der Waals surface area contributed by atoms with Crippen LogP contribution in [0.1, 0.15) is 145 Å². The summed E-state index contributed by atoms with van der Waals surface area (Å²) in [5.74, 6) is 0.910. The first kappa shape index (κ1) is 46.0. The van der Waals surface area contributed by atoms with Gasteiger partial charge in [0.2, 0.25) is 0 Å².